The highest BCUT2D eigenvalue weighted by atomic mass is 16.2. The number of pyridine rings is 1. The summed E-state index contributed by atoms with van der Waals surface area (Å²) in [6, 6.07) is 12.3. The average molecular weight is 378 g/mol. The van der Waals surface area contributed by atoms with Crippen LogP contribution in [0.1, 0.15) is 17.5 Å². The minimum absolute atomic E-state index is 0.0635. The normalized spacial score (nSPS) is 20.0. The molecule has 2 saturated heterocycles. The maximum absolute atomic E-state index is 13.0. The smallest absolute Gasteiger partial charge is 0.228 e. The van der Waals surface area contributed by atoms with Crippen LogP contribution in [0.4, 0.5) is 5.69 Å². The molecule has 6 heteroatoms. The van der Waals surface area contributed by atoms with Crippen LogP contribution in [0.2, 0.25) is 0 Å². The quantitative estimate of drug-likeness (QED) is 0.818. The van der Waals surface area contributed by atoms with Crippen molar-refractivity contribution in [2.75, 3.05) is 37.6 Å². The number of nitrogens with zero attached hydrogens (tertiary/aromatic N) is 4. The van der Waals surface area contributed by atoms with Crippen LogP contribution in [0.25, 0.3) is 0 Å². The van der Waals surface area contributed by atoms with Gasteiger partial charge in [-0.25, -0.2) is 0 Å². The first-order valence-electron chi connectivity index (χ1n) is 9.87. The van der Waals surface area contributed by atoms with E-state index in [4.69, 9.17) is 0 Å². The zero-order chi connectivity index (χ0) is 19.5. The molecule has 1 aromatic heterocycles. The van der Waals surface area contributed by atoms with Gasteiger partial charge in [0.2, 0.25) is 11.8 Å². The number of anilines is 1. The Kier molecular flexibility index (Phi) is 5.28. The number of piperazine rings is 1. The van der Waals surface area contributed by atoms with Gasteiger partial charge in [-0.2, -0.15) is 0 Å². The van der Waals surface area contributed by atoms with Crippen molar-refractivity contribution in [3.05, 3.63) is 59.9 Å². The molecule has 2 aliphatic rings. The number of aromatic nitrogens is 1. The van der Waals surface area contributed by atoms with E-state index in [0.29, 0.717) is 32.6 Å². The molecule has 2 aliphatic heterocycles. The molecule has 1 unspecified atom stereocenters. The maximum Gasteiger partial charge on any atom is 0.228 e. The first kappa shape index (κ1) is 18.5. The Labute approximate surface area is 165 Å². The van der Waals surface area contributed by atoms with Crippen molar-refractivity contribution in [2.24, 2.45) is 5.92 Å². The SMILES string of the molecule is Cc1cccc(N2CCN(C(=O)C3CC(=O)N(Cc4ccncc4)C3)CC2)c1. The monoisotopic (exact) mass is 378 g/mol. The standard InChI is InChI=1S/C22H26N4O2/c1-17-3-2-4-20(13-17)24-9-11-25(12-10-24)22(28)19-14-21(27)26(16-19)15-18-5-7-23-8-6-18/h2-8,13,19H,9-12,14-16H2,1H3. The lowest BCUT2D eigenvalue weighted by Crippen LogP contribution is -2.50. The summed E-state index contributed by atoms with van der Waals surface area (Å²) in [6.45, 7) is 6.24. The molecule has 6 nitrogen and oxygen atoms in total. The van der Waals surface area contributed by atoms with Crippen molar-refractivity contribution in [3.8, 4) is 0 Å². The molecule has 1 atom stereocenters. The molecule has 0 radical (unpaired) electrons. The second kappa shape index (κ2) is 8.00. The van der Waals surface area contributed by atoms with Gasteiger partial charge in [-0.1, -0.05) is 12.1 Å². The molecule has 3 heterocycles. The largest absolute Gasteiger partial charge is 0.368 e. The van der Waals surface area contributed by atoms with Crippen molar-refractivity contribution in [1.29, 1.82) is 0 Å². The summed E-state index contributed by atoms with van der Waals surface area (Å²) >= 11 is 0. The van der Waals surface area contributed by atoms with Crippen LogP contribution in [0, 0.1) is 12.8 Å². The fourth-order valence-corrected chi connectivity index (χ4v) is 4.07. The van der Waals surface area contributed by atoms with E-state index in [1.54, 1.807) is 17.3 Å². The number of carbonyl (C=O) groups is 2. The van der Waals surface area contributed by atoms with Crippen molar-refractivity contribution in [3.63, 3.8) is 0 Å². The summed E-state index contributed by atoms with van der Waals surface area (Å²) < 4.78 is 0. The Balaban J connectivity index is 1.32. The Morgan fingerprint density at radius 1 is 1.11 bits per heavy atom. The minimum atomic E-state index is -0.222. The van der Waals surface area contributed by atoms with E-state index in [0.717, 1.165) is 18.7 Å². The topological polar surface area (TPSA) is 56.8 Å². The van der Waals surface area contributed by atoms with E-state index in [-0.39, 0.29) is 17.7 Å². The molecule has 2 amide bonds. The summed E-state index contributed by atoms with van der Waals surface area (Å²) in [5, 5.41) is 0. The first-order valence-corrected chi connectivity index (χ1v) is 9.87. The number of carbonyl (C=O) groups excluding carboxylic acids is 2. The van der Waals surface area contributed by atoms with Crippen molar-refractivity contribution >= 4 is 17.5 Å². The van der Waals surface area contributed by atoms with Crippen LogP contribution < -0.4 is 4.90 Å². The number of benzene rings is 1. The molecule has 0 aliphatic carbocycles. The number of amides is 2. The zero-order valence-corrected chi connectivity index (χ0v) is 16.3. The molecule has 0 saturated carbocycles. The number of likely N-dealkylation sites (tertiary alicyclic amines) is 1. The molecule has 2 fully saturated rings. The van der Waals surface area contributed by atoms with Crippen molar-refractivity contribution < 1.29 is 9.59 Å². The van der Waals surface area contributed by atoms with Gasteiger partial charge in [-0.05, 0) is 42.3 Å². The van der Waals surface area contributed by atoms with E-state index in [1.807, 2.05) is 17.0 Å². The van der Waals surface area contributed by atoms with Gasteiger partial charge in [0.15, 0.2) is 0 Å². The lowest BCUT2D eigenvalue weighted by Gasteiger charge is -2.37. The van der Waals surface area contributed by atoms with Gasteiger partial charge in [0.25, 0.3) is 0 Å². The summed E-state index contributed by atoms with van der Waals surface area (Å²) in [6.07, 6.45) is 3.78. The predicted molar refractivity (Wildman–Crippen MR) is 108 cm³/mol. The van der Waals surface area contributed by atoms with Crippen LogP contribution in [-0.4, -0.2) is 59.3 Å². The van der Waals surface area contributed by atoms with E-state index in [1.165, 1.54) is 11.3 Å². The molecule has 28 heavy (non-hydrogen) atoms. The third-order valence-corrected chi connectivity index (χ3v) is 5.64. The van der Waals surface area contributed by atoms with E-state index in [9.17, 15) is 9.59 Å². The van der Waals surface area contributed by atoms with E-state index in [2.05, 4.69) is 41.1 Å². The summed E-state index contributed by atoms with van der Waals surface area (Å²) in [5.41, 5.74) is 3.50. The van der Waals surface area contributed by atoms with Gasteiger partial charge >= 0.3 is 0 Å². The van der Waals surface area contributed by atoms with Gasteiger partial charge < -0.3 is 14.7 Å². The highest BCUT2D eigenvalue weighted by Crippen LogP contribution is 2.24. The fraction of sp³-hybridized carbons (Fsp3) is 0.409. The third kappa shape index (κ3) is 4.01. The second-order valence-electron chi connectivity index (χ2n) is 7.68. The Morgan fingerprint density at radius 2 is 1.86 bits per heavy atom. The van der Waals surface area contributed by atoms with Crippen LogP contribution in [-0.2, 0) is 16.1 Å². The lowest BCUT2D eigenvalue weighted by molar-refractivity contribution is -0.136. The van der Waals surface area contributed by atoms with Crippen LogP contribution in [0.3, 0.4) is 0 Å². The molecular weight excluding hydrogens is 352 g/mol. The van der Waals surface area contributed by atoms with Gasteiger partial charge in [-0.15, -0.1) is 0 Å². The van der Waals surface area contributed by atoms with Crippen LogP contribution in [0.15, 0.2) is 48.8 Å². The Morgan fingerprint density at radius 3 is 2.57 bits per heavy atom. The Bertz CT molecular complexity index is 847. The van der Waals surface area contributed by atoms with Gasteiger partial charge in [0.05, 0.1) is 5.92 Å². The third-order valence-electron chi connectivity index (χ3n) is 5.64. The minimum Gasteiger partial charge on any atom is -0.368 e. The average Bonchev–Trinajstić information content (AvgIpc) is 3.08. The van der Waals surface area contributed by atoms with Crippen molar-refractivity contribution in [1.82, 2.24) is 14.8 Å². The van der Waals surface area contributed by atoms with E-state index >= 15 is 0 Å². The summed E-state index contributed by atoms with van der Waals surface area (Å²) in [5.74, 6) is -0.0390. The summed E-state index contributed by atoms with van der Waals surface area (Å²) in [4.78, 5) is 35.4. The predicted octanol–water partition coefficient (Wildman–Crippen LogP) is 2.09. The second-order valence-corrected chi connectivity index (χ2v) is 7.68. The molecule has 0 bridgehead atoms. The fourth-order valence-electron chi connectivity index (χ4n) is 4.07. The van der Waals surface area contributed by atoms with Crippen LogP contribution >= 0.6 is 0 Å². The number of aryl methyl sites for hydroxylation is 1. The molecule has 2 aromatic rings. The number of rotatable bonds is 4. The van der Waals surface area contributed by atoms with Crippen molar-refractivity contribution in [2.45, 2.75) is 19.9 Å². The number of hydrogen-bond donors (Lipinski definition) is 0. The lowest BCUT2D eigenvalue weighted by atomic mass is 10.1. The Hall–Kier alpha value is -2.89. The molecule has 4 rings (SSSR count). The summed E-state index contributed by atoms with van der Waals surface area (Å²) in [7, 11) is 0. The maximum atomic E-state index is 13.0. The van der Waals surface area contributed by atoms with Gasteiger partial charge in [0, 0.05) is 63.8 Å². The molecular formula is C22H26N4O2. The first-order chi connectivity index (χ1) is 13.6. The molecule has 146 valence electrons. The highest BCUT2D eigenvalue weighted by Gasteiger charge is 2.37. The van der Waals surface area contributed by atoms with E-state index < -0.39 is 0 Å². The zero-order valence-electron chi connectivity index (χ0n) is 16.3. The molecule has 0 N–H and O–H groups in total. The van der Waals surface area contributed by atoms with Gasteiger partial charge in [-0.3, -0.25) is 14.6 Å². The molecule has 0 spiro atoms. The highest BCUT2D eigenvalue weighted by molar-refractivity contribution is 5.89. The number of hydrogen-bond acceptors (Lipinski definition) is 4. The molecule has 1 aromatic carbocycles. The van der Waals surface area contributed by atoms with Crippen LogP contribution in [0.5, 0.6) is 0 Å². The van der Waals surface area contributed by atoms with Gasteiger partial charge in [0.1, 0.15) is 0 Å².